The SMILES string of the molecule is CC(C)CN(CC(=O)O)Cc1ccc(F)cc1C(F)(F)F. The van der Waals surface area contributed by atoms with Crippen molar-refractivity contribution in [2.45, 2.75) is 26.6 Å². The molecular weight excluding hydrogens is 290 g/mol. The Morgan fingerprint density at radius 2 is 1.95 bits per heavy atom. The summed E-state index contributed by atoms with van der Waals surface area (Å²) in [6.45, 7) is 3.45. The zero-order valence-corrected chi connectivity index (χ0v) is 11.7. The first-order chi connectivity index (χ1) is 9.59. The predicted octanol–water partition coefficient (Wildman–Crippen LogP) is 3.39. The van der Waals surface area contributed by atoms with Crippen molar-refractivity contribution in [2.75, 3.05) is 13.1 Å². The summed E-state index contributed by atoms with van der Waals surface area (Å²) in [5.74, 6) is -2.00. The van der Waals surface area contributed by atoms with Gasteiger partial charge in [-0.05, 0) is 23.6 Å². The number of hydrogen-bond donors (Lipinski definition) is 1. The number of carboxylic acids is 1. The molecule has 3 nitrogen and oxygen atoms in total. The molecule has 118 valence electrons. The van der Waals surface area contributed by atoms with Crippen LogP contribution in [0.4, 0.5) is 17.6 Å². The highest BCUT2D eigenvalue weighted by atomic mass is 19.4. The lowest BCUT2D eigenvalue weighted by molar-refractivity contribution is -0.139. The zero-order chi connectivity index (χ0) is 16.2. The molecule has 0 aliphatic carbocycles. The highest BCUT2D eigenvalue weighted by molar-refractivity contribution is 5.69. The number of hydrogen-bond acceptors (Lipinski definition) is 2. The Morgan fingerprint density at radius 3 is 2.43 bits per heavy atom. The maximum atomic E-state index is 13.0. The van der Waals surface area contributed by atoms with E-state index in [0.717, 1.165) is 12.1 Å². The van der Waals surface area contributed by atoms with E-state index in [1.807, 2.05) is 13.8 Å². The first-order valence-corrected chi connectivity index (χ1v) is 6.39. The fourth-order valence-corrected chi connectivity index (χ4v) is 2.08. The van der Waals surface area contributed by atoms with Crippen LogP contribution in [0.1, 0.15) is 25.0 Å². The first-order valence-electron chi connectivity index (χ1n) is 6.39. The molecule has 1 rings (SSSR count). The lowest BCUT2D eigenvalue weighted by Gasteiger charge is -2.24. The van der Waals surface area contributed by atoms with E-state index in [1.165, 1.54) is 4.90 Å². The molecule has 0 aliphatic heterocycles. The van der Waals surface area contributed by atoms with E-state index >= 15 is 0 Å². The van der Waals surface area contributed by atoms with Gasteiger partial charge in [0.05, 0.1) is 12.1 Å². The van der Waals surface area contributed by atoms with E-state index in [1.54, 1.807) is 0 Å². The van der Waals surface area contributed by atoms with Crippen LogP contribution in [0.5, 0.6) is 0 Å². The fourth-order valence-electron chi connectivity index (χ4n) is 2.08. The number of benzene rings is 1. The van der Waals surface area contributed by atoms with E-state index in [2.05, 4.69) is 0 Å². The Hall–Kier alpha value is -1.63. The molecule has 0 heterocycles. The molecule has 21 heavy (non-hydrogen) atoms. The Balaban J connectivity index is 3.05. The van der Waals surface area contributed by atoms with Crippen molar-refractivity contribution in [1.82, 2.24) is 4.90 Å². The number of alkyl halides is 3. The second kappa shape index (κ2) is 6.89. The van der Waals surface area contributed by atoms with Crippen molar-refractivity contribution in [3.8, 4) is 0 Å². The molecule has 0 aromatic heterocycles. The minimum Gasteiger partial charge on any atom is -0.480 e. The van der Waals surface area contributed by atoms with Gasteiger partial charge in [0.25, 0.3) is 0 Å². The smallest absolute Gasteiger partial charge is 0.416 e. The topological polar surface area (TPSA) is 40.5 Å². The number of carboxylic acid groups (broad SMARTS) is 1. The number of nitrogens with zero attached hydrogens (tertiary/aromatic N) is 1. The molecule has 1 aromatic rings. The van der Waals surface area contributed by atoms with Crippen LogP contribution in [0, 0.1) is 11.7 Å². The maximum absolute atomic E-state index is 13.0. The summed E-state index contributed by atoms with van der Waals surface area (Å²) in [6, 6.07) is 2.43. The van der Waals surface area contributed by atoms with Crippen LogP contribution >= 0.6 is 0 Å². The van der Waals surface area contributed by atoms with Crippen molar-refractivity contribution in [2.24, 2.45) is 5.92 Å². The third-order valence-corrected chi connectivity index (χ3v) is 2.75. The normalized spacial score (nSPS) is 12.2. The van der Waals surface area contributed by atoms with Crippen LogP contribution in [-0.4, -0.2) is 29.1 Å². The molecule has 0 saturated carbocycles. The summed E-state index contributed by atoms with van der Waals surface area (Å²) in [5.41, 5.74) is -1.20. The summed E-state index contributed by atoms with van der Waals surface area (Å²) in [5, 5.41) is 8.82. The van der Waals surface area contributed by atoms with Crippen LogP contribution in [0.15, 0.2) is 18.2 Å². The van der Waals surface area contributed by atoms with Gasteiger partial charge in [-0.3, -0.25) is 9.69 Å². The van der Waals surface area contributed by atoms with Gasteiger partial charge in [-0.25, -0.2) is 4.39 Å². The summed E-state index contributed by atoms with van der Waals surface area (Å²) >= 11 is 0. The molecule has 0 fully saturated rings. The van der Waals surface area contributed by atoms with Crippen LogP contribution in [0.2, 0.25) is 0 Å². The molecule has 1 aromatic carbocycles. The quantitative estimate of drug-likeness (QED) is 0.819. The molecule has 0 bridgehead atoms. The number of rotatable bonds is 6. The Kier molecular flexibility index (Phi) is 5.71. The van der Waals surface area contributed by atoms with Crippen molar-refractivity contribution < 1.29 is 27.5 Å². The summed E-state index contributed by atoms with van der Waals surface area (Å²) < 4.78 is 51.7. The molecule has 0 atom stereocenters. The van der Waals surface area contributed by atoms with Gasteiger partial charge in [0, 0.05) is 13.1 Å². The van der Waals surface area contributed by atoms with E-state index in [0.29, 0.717) is 12.6 Å². The second-order valence-corrected chi connectivity index (χ2v) is 5.26. The van der Waals surface area contributed by atoms with E-state index in [-0.39, 0.29) is 24.6 Å². The number of aliphatic carboxylic acids is 1. The number of carbonyl (C=O) groups is 1. The third-order valence-electron chi connectivity index (χ3n) is 2.75. The number of halogens is 4. The second-order valence-electron chi connectivity index (χ2n) is 5.26. The molecule has 0 amide bonds. The van der Waals surface area contributed by atoms with E-state index in [9.17, 15) is 22.4 Å². The van der Waals surface area contributed by atoms with Crippen LogP contribution in [0.3, 0.4) is 0 Å². The highest BCUT2D eigenvalue weighted by Gasteiger charge is 2.34. The summed E-state index contributed by atoms with van der Waals surface area (Å²) in [7, 11) is 0. The van der Waals surface area contributed by atoms with Gasteiger partial charge in [0.15, 0.2) is 0 Å². The van der Waals surface area contributed by atoms with Crippen LogP contribution in [0.25, 0.3) is 0 Å². The predicted molar refractivity (Wildman–Crippen MR) is 69.2 cm³/mol. The lowest BCUT2D eigenvalue weighted by Crippen LogP contribution is -2.33. The maximum Gasteiger partial charge on any atom is 0.416 e. The minimum absolute atomic E-state index is 0.0964. The van der Waals surface area contributed by atoms with Crippen LogP contribution in [-0.2, 0) is 17.5 Å². The highest BCUT2D eigenvalue weighted by Crippen LogP contribution is 2.33. The van der Waals surface area contributed by atoms with Gasteiger partial charge < -0.3 is 5.11 Å². The zero-order valence-electron chi connectivity index (χ0n) is 11.7. The minimum atomic E-state index is -4.68. The largest absolute Gasteiger partial charge is 0.480 e. The Labute approximate surface area is 120 Å². The van der Waals surface area contributed by atoms with Gasteiger partial charge in [-0.15, -0.1) is 0 Å². The lowest BCUT2D eigenvalue weighted by atomic mass is 10.1. The summed E-state index contributed by atoms with van der Waals surface area (Å²) in [6.07, 6.45) is -4.68. The molecule has 7 heteroatoms. The Bertz CT molecular complexity index is 500. The third kappa shape index (κ3) is 5.71. The van der Waals surface area contributed by atoms with Gasteiger partial charge in [-0.2, -0.15) is 13.2 Å². The molecule has 1 N–H and O–H groups in total. The van der Waals surface area contributed by atoms with E-state index < -0.39 is 23.5 Å². The standard InChI is InChI=1S/C14H17F4NO2/c1-9(2)6-19(8-13(20)21)7-10-3-4-11(15)5-12(10)14(16,17)18/h3-5,9H,6-8H2,1-2H3,(H,20,21). The molecule has 0 aliphatic rings. The van der Waals surface area contributed by atoms with Gasteiger partial charge in [0.2, 0.25) is 0 Å². The van der Waals surface area contributed by atoms with Crippen molar-refractivity contribution in [1.29, 1.82) is 0 Å². The molecule has 0 radical (unpaired) electrons. The molecular formula is C14H17F4NO2. The molecule has 0 spiro atoms. The van der Waals surface area contributed by atoms with Crippen LogP contribution < -0.4 is 0 Å². The molecule has 0 saturated heterocycles. The van der Waals surface area contributed by atoms with Crippen molar-refractivity contribution in [3.05, 3.63) is 35.1 Å². The van der Waals surface area contributed by atoms with Crippen molar-refractivity contribution >= 4 is 5.97 Å². The van der Waals surface area contributed by atoms with Gasteiger partial charge in [-0.1, -0.05) is 19.9 Å². The first kappa shape index (κ1) is 17.4. The van der Waals surface area contributed by atoms with Gasteiger partial charge >= 0.3 is 12.1 Å². The Morgan fingerprint density at radius 1 is 1.33 bits per heavy atom. The van der Waals surface area contributed by atoms with Crippen molar-refractivity contribution in [3.63, 3.8) is 0 Å². The summed E-state index contributed by atoms with van der Waals surface area (Å²) in [4.78, 5) is 12.2. The van der Waals surface area contributed by atoms with E-state index in [4.69, 9.17) is 5.11 Å². The van der Waals surface area contributed by atoms with Gasteiger partial charge in [0.1, 0.15) is 5.82 Å². The average molecular weight is 307 g/mol. The average Bonchev–Trinajstić information content (AvgIpc) is 2.28. The molecule has 0 unspecified atom stereocenters. The monoisotopic (exact) mass is 307 g/mol. The fraction of sp³-hybridized carbons (Fsp3) is 0.500.